The van der Waals surface area contributed by atoms with Crippen LogP contribution in [0, 0.1) is 0 Å². The number of anilines is 1. The number of carbonyl (C=O) groups is 1. The molecule has 160 valence electrons. The predicted octanol–water partition coefficient (Wildman–Crippen LogP) is 4.37. The summed E-state index contributed by atoms with van der Waals surface area (Å²) < 4.78 is 11.0. The standard InChI is InChI=1S/C24H30N2O3S/c1-28-20-10-8-19(9-11-20)26-14-12-18(13-15-26)25-24(27)22-6-2-3-7-23(22)30-17-21-5-4-16-29-21/h2-3,6-11,18,21H,4-5,12-17H2,1H3,(H,25,27). The molecule has 2 heterocycles. The number of piperidine rings is 1. The molecule has 4 rings (SSSR count). The number of hydrogen-bond acceptors (Lipinski definition) is 5. The summed E-state index contributed by atoms with van der Waals surface area (Å²) in [4.78, 5) is 16.4. The molecular formula is C24H30N2O3S. The van der Waals surface area contributed by atoms with Gasteiger partial charge in [0.2, 0.25) is 0 Å². The van der Waals surface area contributed by atoms with Gasteiger partial charge < -0.3 is 19.7 Å². The maximum atomic E-state index is 13.0. The van der Waals surface area contributed by atoms with Gasteiger partial charge in [-0.1, -0.05) is 12.1 Å². The van der Waals surface area contributed by atoms with E-state index in [-0.39, 0.29) is 11.9 Å². The summed E-state index contributed by atoms with van der Waals surface area (Å²) in [5.74, 6) is 1.81. The van der Waals surface area contributed by atoms with E-state index in [2.05, 4.69) is 22.3 Å². The van der Waals surface area contributed by atoms with Crippen LogP contribution in [-0.2, 0) is 4.74 Å². The minimum Gasteiger partial charge on any atom is -0.497 e. The van der Waals surface area contributed by atoms with Crippen LogP contribution in [0.15, 0.2) is 53.4 Å². The zero-order valence-electron chi connectivity index (χ0n) is 17.5. The van der Waals surface area contributed by atoms with Gasteiger partial charge in [0.1, 0.15) is 5.75 Å². The lowest BCUT2D eigenvalue weighted by Gasteiger charge is -2.34. The van der Waals surface area contributed by atoms with Gasteiger partial charge >= 0.3 is 0 Å². The number of thioether (sulfide) groups is 1. The maximum Gasteiger partial charge on any atom is 0.252 e. The van der Waals surface area contributed by atoms with Crippen molar-refractivity contribution in [2.75, 3.05) is 37.5 Å². The molecule has 2 aliphatic heterocycles. The van der Waals surface area contributed by atoms with Gasteiger partial charge in [0.25, 0.3) is 5.91 Å². The second kappa shape index (κ2) is 10.2. The van der Waals surface area contributed by atoms with E-state index in [1.165, 1.54) is 5.69 Å². The molecule has 1 unspecified atom stereocenters. The Morgan fingerprint density at radius 1 is 1.13 bits per heavy atom. The van der Waals surface area contributed by atoms with Gasteiger partial charge in [-0.15, -0.1) is 11.8 Å². The zero-order valence-corrected chi connectivity index (χ0v) is 18.3. The van der Waals surface area contributed by atoms with Crippen LogP contribution in [0.3, 0.4) is 0 Å². The average molecular weight is 427 g/mol. The molecule has 1 N–H and O–H groups in total. The molecule has 2 fully saturated rings. The lowest BCUT2D eigenvalue weighted by Crippen LogP contribution is -2.44. The molecule has 0 spiro atoms. The van der Waals surface area contributed by atoms with Gasteiger partial charge in [-0.2, -0.15) is 0 Å². The van der Waals surface area contributed by atoms with Gasteiger partial charge in [0, 0.05) is 42.1 Å². The van der Waals surface area contributed by atoms with E-state index < -0.39 is 0 Å². The van der Waals surface area contributed by atoms with Crippen LogP contribution in [-0.4, -0.2) is 50.6 Å². The van der Waals surface area contributed by atoms with Crippen LogP contribution >= 0.6 is 11.8 Å². The molecule has 0 saturated carbocycles. The molecule has 2 saturated heterocycles. The second-order valence-electron chi connectivity index (χ2n) is 7.88. The summed E-state index contributed by atoms with van der Waals surface area (Å²) in [7, 11) is 1.68. The number of rotatable bonds is 7. The SMILES string of the molecule is COc1ccc(N2CCC(NC(=O)c3ccccc3SCC3CCCO3)CC2)cc1. The molecule has 1 atom stereocenters. The fraction of sp³-hybridized carbons (Fsp3) is 0.458. The molecule has 0 aliphatic carbocycles. The van der Waals surface area contributed by atoms with Crippen molar-refractivity contribution in [2.24, 2.45) is 0 Å². The van der Waals surface area contributed by atoms with Gasteiger partial charge in [-0.3, -0.25) is 4.79 Å². The number of nitrogens with one attached hydrogen (secondary N) is 1. The Bertz CT molecular complexity index is 829. The smallest absolute Gasteiger partial charge is 0.252 e. The molecule has 6 heteroatoms. The summed E-state index contributed by atoms with van der Waals surface area (Å²) in [6.45, 7) is 2.74. The highest BCUT2D eigenvalue weighted by atomic mass is 32.2. The quantitative estimate of drug-likeness (QED) is 0.667. The van der Waals surface area contributed by atoms with Crippen LogP contribution in [0.25, 0.3) is 0 Å². The first-order chi connectivity index (χ1) is 14.7. The number of ether oxygens (including phenoxy) is 2. The zero-order chi connectivity index (χ0) is 20.8. The van der Waals surface area contributed by atoms with Crippen molar-refractivity contribution in [2.45, 2.75) is 42.7 Å². The van der Waals surface area contributed by atoms with Crippen molar-refractivity contribution in [1.82, 2.24) is 5.32 Å². The molecule has 2 aliphatic rings. The highest BCUT2D eigenvalue weighted by molar-refractivity contribution is 7.99. The van der Waals surface area contributed by atoms with E-state index in [1.807, 2.05) is 36.4 Å². The van der Waals surface area contributed by atoms with Crippen molar-refractivity contribution in [1.29, 1.82) is 0 Å². The molecule has 0 bridgehead atoms. The van der Waals surface area contributed by atoms with Crippen molar-refractivity contribution in [3.8, 4) is 5.75 Å². The van der Waals surface area contributed by atoms with Crippen LogP contribution in [0.4, 0.5) is 5.69 Å². The summed E-state index contributed by atoms with van der Waals surface area (Å²) in [5.41, 5.74) is 1.98. The summed E-state index contributed by atoms with van der Waals surface area (Å²) in [6.07, 6.45) is 4.47. The largest absolute Gasteiger partial charge is 0.497 e. The van der Waals surface area contributed by atoms with Crippen molar-refractivity contribution in [3.63, 3.8) is 0 Å². The lowest BCUT2D eigenvalue weighted by atomic mass is 10.0. The number of benzene rings is 2. The number of hydrogen-bond donors (Lipinski definition) is 1. The van der Waals surface area contributed by atoms with Crippen LogP contribution < -0.4 is 15.0 Å². The average Bonchev–Trinajstić information content (AvgIpc) is 3.32. The Hall–Kier alpha value is -2.18. The minimum absolute atomic E-state index is 0.0355. The van der Waals surface area contributed by atoms with E-state index in [9.17, 15) is 4.79 Å². The molecule has 0 aromatic heterocycles. The topological polar surface area (TPSA) is 50.8 Å². The Labute approximate surface area is 183 Å². The third-order valence-corrected chi connectivity index (χ3v) is 7.05. The normalized spacial score (nSPS) is 19.6. The fourth-order valence-corrected chi connectivity index (χ4v) is 5.20. The molecule has 1 amide bonds. The number of amides is 1. The Morgan fingerprint density at radius 3 is 2.60 bits per heavy atom. The molecule has 30 heavy (non-hydrogen) atoms. The monoisotopic (exact) mass is 426 g/mol. The summed E-state index contributed by atoms with van der Waals surface area (Å²) in [6, 6.07) is 16.3. The third-order valence-electron chi connectivity index (χ3n) is 5.85. The Kier molecular flexibility index (Phi) is 7.18. The number of nitrogens with zero attached hydrogens (tertiary/aromatic N) is 1. The van der Waals surface area contributed by atoms with E-state index in [1.54, 1.807) is 18.9 Å². The molecule has 2 aromatic rings. The van der Waals surface area contributed by atoms with Crippen molar-refractivity contribution < 1.29 is 14.3 Å². The summed E-state index contributed by atoms with van der Waals surface area (Å²) in [5, 5.41) is 3.26. The van der Waals surface area contributed by atoms with Gasteiger partial charge in [-0.25, -0.2) is 0 Å². The van der Waals surface area contributed by atoms with Crippen molar-refractivity contribution in [3.05, 3.63) is 54.1 Å². The molecule has 2 aromatic carbocycles. The summed E-state index contributed by atoms with van der Waals surface area (Å²) >= 11 is 1.73. The van der Waals surface area contributed by atoms with Gasteiger partial charge in [0.05, 0.1) is 18.8 Å². The number of methoxy groups -OCH3 is 1. The van der Waals surface area contributed by atoms with Gasteiger partial charge in [-0.05, 0) is 62.1 Å². The van der Waals surface area contributed by atoms with Crippen LogP contribution in [0.5, 0.6) is 5.75 Å². The first-order valence-corrected chi connectivity index (χ1v) is 11.7. The van der Waals surface area contributed by atoms with Crippen LogP contribution in [0.1, 0.15) is 36.0 Å². The van der Waals surface area contributed by atoms with E-state index in [4.69, 9.17) is 9.47 Å². The van der Waals surface area contributed by atoms with E-state index >= 15 is 0 Å². The van der Waals surface area contributed by atoms with E-state index in [0.717, 1.165) is 67.3 Å². The predicted molar refractivity (Wildman–Crippen MR) is 122 cm³/mol. The highest BCUT2D eigenvalue weighted by Gasteiger charge is 2.23. The fourth-order valence-electron chi connectivity index (χ4n) is 4.08. The Morgan fingerprint density at radius 2 is 1.90 bits per heavy atom. The van der Waals surface area contributed by atoms with Crippen molar-refractivity contribution >= 4 is 23.4 Å². The Balaban J connectivity index is 1.30. The number of carbonyl (C=O) groups excluding carboxylic acids is 1. The second-order valence-corrected chi connectivity index (χ2v) is 8.94. The van der Waals surface area contributed by atoms with Gasteiger partial charge in [0.15, 0.2) is 0 Å². The maximum absolute atomic E-state index is 13.0. The van der Waals surface area contributed by atoms with Crippen LogP contribution in [0.2, 0.25) is 0 Å². The highest BCUT2D eigenvalue weighted by Crippen LogP contribution is 2.27. The molecular weight excluding hydrogens is 396 g/mol. The minimum atomic E-state index is 0.0355. The molecule has 5 nitrogen and oxygen atoms in total. The van der Waals surface area contributed by atoms with E-state index in [0.29, 0.717) is 6.10 Å². The lowest BCUT2D eigenvalue weighted by molar-refractivity contribution is 0.0928. The first-order valence-electron chi connectivity index (χ1n) is 10.8. The third kappa shape index (κ3) is 5.29. The molecule has 0 radical (unpaired) electrons. The first kappa shape index (κ1) is 21.1.